The zero-order valence-electron chi connectivity index (χ0n) is 9.83. The van der Waals surface area contributed by atoms with E-state index in [2.05, 4.69) is 62.5 Å². The molecule has 1 heterocycles. The average molecular weight is 256 g/mol. The summed E-state index contributed by atoms with van der Waals surface area (Å²) < 4.78 is 0.991. The van der Waals surface area contributed by atoms with Crippen LogP contribution in [0.2, 0.25) is 0 Å². The van der Waals surface area contributed by atoms with Crippen molar-refractivity contribution >= 4 is 15.9 Å². The number of pyridine rings is 1. The van der Waals surface area contributed by atoms with E-state index in [1.165, 1.54) is 16.7 Å². The molecule has 0 aliphatic heterocycles. The van der Waals surface area contributed by atoms with E-state index in [0.29, 0.717) is 0 Å². The average Bonchev–Trinajstić information content (AvgIpc) is 1.97. The largest absolute Gasteiger partial charge is 0.246 e. The minimum atomic E-state index is 0.147. The second-order valence-corrected chi connectivity index (χ2v) is 5.61. The van der Waals surface area contributed by atoms with Crippen LogP contribution >= 0.6 is 15.9 Å². The van der Waals surface area contributed by atoms with Crippen LogP contribution in [0.4, 0.5) is 0 Å². The number of rotatable bonds is 0. The quantitative estimate of drug-likeness (QED) is 0.638. The summed E-state index contributed by atoms with van der Waals surface area (Å²) in [6.45, 7) is 13.0. The summed E-state index contributed by atoms with van der Waals surface area (Å²) in [6.07, 6.45) is 0. The molecule has 1 nitrogen and oxygen atoms in total. The Morgan fingerprint density at radius 2 is 1.50 bits per heavy atom. The van der Waals surface area contributed by atoms with Crippen LogP contribution in [0.3, 0.4) is 0 Å². The van der Waals surface area contributed by atoms with Gasteiger partial charge in [0.25, 0.3) is 0 Å². The number of halogens is 1. The molecule has 0 radical (unpaired) electrons. The molecule has 0 fully saturated rings. The van der Waals surface area contributed by atoms with Crippen molar-refractivity contribution in [2.24, 2.45) is 0 Å². The molecular weight excluding hydrogens is 238 g/mol. The molecule has 0 N–H and O–H groups in total. The lowest BCUT2D eigenvalue weighted by Gasteiger charge is -2.24. The van der Waals surface area contributed by atoms with Gasteiger partial charge in [0, 0.05) is 5.69 Å². The van der Waals surface area contributed by atoms with Gasteiger partial charge in [0.1, 0.15) is 4.60 Å². The third kappa shape index (κ3) is 2.00. The molecule has 0 aliphatic carbocycles. The van der Waals surface area contributed by atoms with Crippen molar-refractivity contribution in [1.82, 2.24) is 4.98 Å². The Morgan fingerprint density at radius 3 is 1.93 bits per heavy atom. The summed E-state index contributed by atoms with van der Waals surface area (Å²) in [7, 11) is 0. The summed E-state index contributed by atoms with van der Waals surface area (Å²) in [5.74, 6) is 0. The smallest absolute Gasteiger partial charge is 0.110 e. The molecule has 0 aliphatic rings. The second kappa shape index (κ2) is 3.65. The number of aryl methyl sites for hydroxylation is 1. The Morgan fingerprint density at radius 1 is 1.00 bits per heavy atom. The van der Waals surface area contributed by atoms with Gasteiger partial charge in [-0.25, -0.2) is 4.98 Å². The third-order valence-corrected chi connectivity index (χ3v) is 3.28. The second-order valence-electron chi connectivity index (χ2n) is 4.86. The zero-order chi connectivity index (χ0) is 11.1. The number of nitrogens with zero attached hydrogens (tertiary/aromatic N) is 1. The molecule has 78 valence electrons. The summed E-state index contributed by atoms with van der Waals surface area (Å²) in [6, 6.07) is 0. The van der Waals surface area contributed by atoms with Gasteiger partial charge < -0.3 is 0 Å². The molecule has 0 saturated heterocycles. The van der Waals surface area contributed by atoms with Gasteiger partial charge in [-0.2, -0.15) is 0 Å². The van der Waals surface area contributed by atoms with E-state index in [4.69, 9.17) is 0 Å². The summed E-state index contributed by atoms with van der Waals surface area (Å²) in [4.78, 5) is 4.52. The topological polar surface area (TPSA) is 12.9 Å². The Balaban J connectivity index is 3.53. The van der Waals surface area contributed by atoms with Gasteiger partial charge in [-0.3, -0.25) is 0 Å². The van der Waals surface area contributed by atoms with Crippen molar-refractivity contribution in [1.29, 1.82) is 0 Å². The highest BCUT2D eigenvalue weighted by molar-refractivity contribution is 9.10. The van der Waals surface area contributed by atoms with Crippen LogP contribution in [0.25, 0.3) is 0 Å². The van der Waals surface area contributed by atoms with Gasteiger partial charge in [0.2, 0.25) is 0 Å². The highest BCUT2D eigenvalue weighted by Crippen LogP contribution is 2.33. The minimum Gasteiger partial charge on any atom is -0.246 e. The highest BCUT2D eigenvalue weighted by Gasteiger charge is 2.22. The first-order chi connectivity index (χ1) is 6.25. The third-order valence-electron chi connectivity index (χ3n) is 2.70. The molecule has 0 spiro atoms. The molecule has 0 saturated carbocycles. The van der Waals surface area contributed by atoms with Gasteiger partial charge in [0.05, 0.1) is 0 Å². The fourth-order valence-corrected chi connectivity index (χ4v) is 2.93. The lowest BCUT2D eigenvalue weighted by molar-refractivity contribution is 0.577. The lowest BCUT2D eigenvalue weighted by atomic mass is 9.84. The number of hydrogen-bond acceptors (Lipinski definition) is 1. The minimum absolute atomic E-state index is 0.147. The van der Waals surface area contributed by atoms with Crippen LogP contribution < -0.4 is 0 Å². The molecule has 0 unspecified atom stereocenters. The van der Waals surface area contributed by atoms with Crippen molar-refractivity contribution in [2.75, 3.05) is 0 Å². The highest BCUT2D eigenvalue weighted by atomic mass is 79.9. The van der Waals surface area contributed by atoms with Crippen LogP contribution in [-0.4, -0.2) is 4.98 Å². The fourth-order valence-electron chi connectivity index (χ4n) is 1.77. The van der Waals surface area contributed by atoms with Crippen molar-refractivity contribution in [3.8, 4) is 0 Å². The van der Waals surface area contributed by atoms with Crippen molar-refractivity contribution in [2.45, 2.75) is 47.0 Å². The summed E-state index contributed by atoms with van der Waals surface area (Å²) >= 11 is 3.56. The zero-order valence-corrected chi connectivity index (χ0v) is 11.4. The predicted octanol–water partition coefficient (Wildman–Crippen LogP) is 4.07. The first kappa shape index (κ1) is 11.7. The standard InChI is InChI=1S/C12H18BrN/c1-7-8(2)10(12(4,5)6)11(13)14-9(7)3/h1-6H3. The van der Waals surface area contributed by atoms with Gasteiger partial charge in [-0.05, 0) is 58.8 Å². The van der Waals surface area contributed by atoms with E-state index in [-0.39, 0.29) is 5.41 Å². The maximum Gasteiger partial charge on any atom is 0.110 e. The van der Waals surface area contributed by atoms with Crippen LogP contribution in [-0.2, 0) is 5.41 Å². The Labute approximate surface area is 95.1 Å². The molecule has 1 aromatic heterocycles. The predicted molar refractivity (Wildman–Crippen MR) is 64.8 cm³/mol. The van der Waals surface area contributed by atoms with Crippen LogP contribution in [0.5, 0.6) is 0 Å². The number of aromatic nitrogens is 1. The van der Waals surface area contributed by atoms with Gasteiger partial charge in [-0.1, -0.05) is 20.8 Å². The molecule has 1 aromatic rings. The summed E-state index contributed by atoms with van der Waals surface area (Å²) in [5, 5.41) is 0. The maximum atomic E-state index is 4.52. The molecule has 1 rings (SSSR count). The van der Waals surface area contributed by atoms with Gasteiger partial charge in [-0.15, -0.1) is 0 Å². The lowest BCUT2D eigenvalue weighted by Crippen LogP contribution is -2.16. The SMILES string of the molecule is Cc1nc(Br)c(C(C)(C)C)c(C)c1C. The summed E-state index contributed by atoms with van der Waals surface area (Å²) in [5.41, 5.74) is 5.24. The van der Waals surface area contributed by atoms with E-state index in [9.17, 15) is 0 Å². The van der Waals surface area contributed by atoms with Crippen molar-refractivity contribution < 1.29 is 0 Å². The molecule has 0 atom stereocenters. The van der Waals surface area contributed by atoms with Crippen LogP contribution in [0.15, 0.2) is 4.60 Å². The van der Waals surface area contributed by atoms with E-state index in [0.717, 1.165) is 10.3 Å². The first-order valence-corrected chi connectivity index (χ1v) is 5.68. The molecular formula is C12H18BrN. The molecule has 14 heavy (non-hydrogen) atoms. The Kier molecular flexibility index (Phi) is 3.05. The first-order valence-electron chi connectivity index (χ1n) is 4.89. The molecule has 2 heteroatoms. The van der Waals surface area contributed by atoms with E-state index >= 15 is 0 Å². The Hall–Kier alpha value is -0.370. The van der Waals surface area contributed by atoms with Crippen LogP contribution in [0.1, 0.15) is 43.2 Å². The van der Waals surface area contributed by atoms with E-state index < -0.39 is 0 Å². The molecule has 0 aromatic carbocycles. The molecule has 0 amide bonds. The van der Waals surface area contributed by atoms with Gasteiger partial charge in [0.15, 0.2) is 0 Å². The van der Waals surface area contributed by atoms with Crippen LogP contribution in [0, 0.1) is 20.8 Å². The number of hydrogen-bond donors (Lipinski definition) is 0. The van der Waals surface area contributed by atoms with Gasteiger partial charge >= 0.3 is 0 Å². The van der Waals surface area contributed by atoms with Crippen molar-refractivity contribution in [3.63, 3.8) is 0 Å². The maximum absolute atomic E-state index is 4.52. The van der Waals surface area contributed by atoms with Crippen molar-refractivity contribution in [3.05, 3.63) is 27.0 Å². The normalized spacial score (nSPS) is 11.9. The molecule has 0 bridgehead atoms. The fraction of sp³-hybridized carbons (Fsp3) is 0.583. The van der Waals surface area contributed by atoms with E-state index in [1.54, 1.807) is 0 Å². The van der Waals surface area contributed by atoms with E-state index in [1.807, 2.05) is 0 Å². The monoisotopic (exact) mass is 255 g/mol. The Bertz CT molecular complexity index is 362.